The van der Waals surface area contributed by atoms with Gasteiger partial charge < -0.3 is 29.2 Å². The minimum atomic E-state index is -2.89. The minimum Gasteiger partial charge on any atom is -0.494 e. The van der Waals surface area contributed by atoms with E-state index in [9.17, 15) is 13.6 Å². The van der Waals surface area contributed by atoms with Crippen LogP contribution in [-0.2, 0) is 18.3 Å². The quantitative estimate of drug-likeness (QED) is 0.395. The number of halogens is 2. The molecule has 1 saturated heterocycles. The fourth-order valence-electron chi connectivity index (χ4n) is 5.46. The van der Waals surface area contributed by atoms with Crippen LogP contribution in [0.4, 0.5) is 8.78 Å². The van der Waals surface area contributed by atoms with E-state index in [1.54, 1.807) is 30.3 Å². The van der Waals surface area contributed by atoms with Crippen molar-refractivity contribution in [2.45, 2.75) is 44.6 Å². The fraction of sp³-hybridized carbons (Fsp3) is 0.444. The van der Waals surface area contributed by atoms with Crippen LogP contribution in [0.3, 0.4) is 0 Å². The molecule has 11 heteroatoms. The predicted octanol–water partition coefficient (Wildman–Crippen LogP) is 3.79. The predicted molar refractivity (Wildman–Crippen MR) is 138 cm³/mol. The maximum atomic E-state index is 13.4. The number of imidazole rings is 1. The van der Waals surface area contributed by atoms with Gasteiger partial charge in [-0.3, -0.25) is 4.79 Å². The van der Waals surface area contributed by atoms with E-state index in [2.05, 4.69) is 26.4 Å². The number of pyridine rings is 1. The summed E-state index contributed by atoms with van der Waals surface area (Å²) in [5.74, 6) is 1.67. The smallest absolute Gasteiger partial charge is 0.345 e. The molecule has 1 aliphatic carbocycles. The SMILES string of the molecule is COc1cc(C(=O)N2CC[C@@H](OC(F)F)[C@@H](N)C2)cc2nc(-c3cc4cccnc4n3CC3CC3)n(C)c12. The zero-order chi connectivity index (χ0) is 26.6. The topological polar surface area (TPSA) is 100 Å². The van der Waals surface area contributed by atoms with Crippen LogP contribution in [-0.4, -0.2) is 68.9 Å². The number of piperidine rings is 1. The van der Waals surface area contributed by atoms with E-state index in [-0.39, 0.29) is 25.4 Å². The molecule has 1 aromatic carbocycles. The molecule has 2 N–H and O–H groups in total. The zero-order valence-electron chi connectivity index (χ0n) is 21.3. The molecule has 200 valence electrons. The Balaban J connectivity index is 1.37. The zero-order valence-corrected chi connectivity index (χ0v) is 21.3. The summed E-state index contributed by atoms with van der Waals surface area (Å²) in [7, 11) is 3.50. The first-order chi connectivity index (χ1) is 18.3. The Hall–Kier alpha value is -3.57. The molecular weight excluding hydrogens is 494 g/mol. The molecule has 6 rings (SSSR count). The van der Waals surface area contributed by atoms with Crippen molar-refractivity contribution >= 4 is 28.0 Å². The highest BCUT2D eigenvalue weighted by atomic mass is 19.3. The first-order valence-corrected chi connectivity index (χ1v) is 12.8. The molecule has 3 aromatic heterocycles. The minimum absolute atomic E-state index is 0.123. The third-order valence-corrected chi connectivity index (χ3v) is 7.58. The summed E-state index contributed by atoms with van der Waals surface area (Å²) in [6.45, 7) is -1.62. The van der Waals surface area contributed by atoms with E-state index in [0.717, 1.165) is 34.6 Å². The maximum absolute atomic E-state index is 13.4. The first-order valence-electron chi connectivity index (χ1n) is 12.8. The Kier molecular flexibility index (Phi) is 6.27. The summed E-state index contributed by atoms with van der Waals surface area (Å²) in [5.41, 5.74) is 9.75. The molecule has 0 radical (unpaired) electrons. The summed E-state index contributed by atoms with van der Waals surface area (Å²) < 4.78 is 39.9. The summed E-state index contributed by atoms with van der Waals surface area (Å²) in [4.78, 5) is 24.6. The lowest BCUT2D eigenvalue weighted by Crippen LogP contribution is -2.54. The Labute approximate surface area is 218 Å². The van der Waals surface area contributed by atoms with E-state index < -0.39 is 18.8 Å². The van der Waals surface area contributed by atoms with Crippen LogP contribution in [0.1, 0.15) is 29.6 Å². The molecule has 1 amide bonds. The molecule has 0 spiro atoms. The number of carbonyl (C=O) groups is 1. The lowest BCUT2D eigenvalue weighted by molar-refractivity contribution is -0.175. The maximum Gasteiger partial charge on any atom is 0.345 e. The van der Waals surface area contributed by atoms with Crippen LogP contribution in [0, 0.1) is 5.92 Å². The van der Waals surface area contributed by atoms with Gasteiger partial charge >= 0.3 is 6.61 Å². The summed E-state index contributed by atoms with van der Waals surface area (Å²) >= 11 is 0. The van der Waals surface area contributed by atoms with Gasteiger partial charge in [0.15, 0.2) is 5.82 Å². The van der Waals surface area contributed by atoms with E-state index in [4.69, 9.17) is 15.5 Å². The summed E-state index contributed by atoms with van der Waals surface area (Å²) in [5, 5.41) is 1.05. The second-order valence-electron chi connectivity index (χ2n) is 10.2. The van der Waals surface area contributed by atoms with Crippen LogP contribution in [0.2, 0.25) is 0 Å². The highest BCUT2D eigenvalue weighted by molar-refractivity contribution is 6.00. The number of ether oxygens (including phenoxy) is 2. The Morgan fingerprint density at radius 3 is 2.76 bits per heavy atom. The van der Waals surface area contributed by atoms with E-state index >= 15 is 0 Å². The van der Waals surface area contributed by atoms with E-state index in [0.29, 0.717) is 22.7 Å². The molecule has 38 heavy (non-hydrogen) atoms. The number of rotatable bonds is 7. The number of benzene rings is 1. The highest BCUT2D eigenvalue weighted by Gasteiger charge is 2.33. The van der Waals surface area contributed by atoms with Crippen molar-refractivity contribution in [1.29, 1.82) is 0 Å². The van der Waals surface area contributed by atoms with Crippen molar-refractivity contribution < 1.29 is 23.0 Å². The summed E-state index contributed by atoms with van der Waals surface area (Å²) in [6, 6.07) is 8.84. The molecular formula is C27H30F2N6O3. The lowest BCUT2D eigenvalue weighted by Gasteiger charge is -2.36. The van der Waals surface area contributed by atoms with Crippen LogP contribution < -0.4 is 10.5 Å². The second-order valence-corrected chi connectivity index (χ2v) is 10.2. The van der Waals surface area contributed by atoms with Crippen molar-refractivity contribution in [3.05, 3.63) is 42.1 Å². The number of aromatic nitrogens is 4. The molecule has 2 fully saturated rings. The number of methoxy groups -OCH3 is 1. The van der Waals surface area contributed by atoms with Crippen LogP contribution in [0.25, 0.3) is 33.6 Å². The van der Waals surface area contributed by atoms with Gasteiger partial charge in [-0.15, -0.1) is 0 Å². The van der Waals surface area contributed by atoms with Crippen molar-refractivity contribution in [3.8, 4) is 17.3 Å². The molecule has 9 nitrogen and oxygen atoms in total. The molecule has 2 aliphatic rings. The number of nitrogens with zero attached hydrogens (tertiary/aromatic N) is 5. The lowest BCUT2D eigenvalue weighted by atomic mass is 10.0. The molecule has 1 aliphatic heterocycles. The number of carbonyl (C=O) groups excluding carboxylic acids is 1. The largest absolute Gasteiger partial charge is 0.494 e. The number of likely N-dealkylation sites (tertiary alicyclic amines) is 1. The van der Waals surface area contributed by atoms with Crippen molar-refractivity contribution in [3.63, 3.8) is 0 Å². The van der Waals surface area contributed by atoms with Gasteiger partial charge in [0.1, 0.15) is 16.9 Å². The molecule has 2 atom stereocenters. The standard InChI is InChI=1S/C27H30F2N6O3/c1-33-23-19(32-25(33)20-11-16-4-3-8-31-24(16)35(20)13-15-5-6-15)10-17(12-22(23)37-2)26(36)34-9-7-21(18(30)14-34)38-27(28)29/h3-4,8,10-12,15,18,21,27H,5-7,9,13-14,30H2,1-2H3/t18-,21+/m0/s1. The normalized spacial score (nSPS) is 20.1. The van der Waals surface area contributed by atoms with E-state index in [1.807, 2.05) is 17.7 Å². The van der Waals surface area contributed by atoms with Crippen molar-refractivity contribution in [2.75, 3.05) is 20.2 Å². The number of nitrogens with two attached hydrogens (primary N) is 1. The number of hydrogen-bond donors (Lipinski definition) is 1. The van der Waals surface area contributed by atoms with Crippen molar-refractivity contribution in [2.24, 2.45) is 18.7 Å². The third-order valence-electron chi connectivity index (χ3n) is 7.58. The van der Waals surface area contributed by atoms with Gasteiger partial charge in [-0.2, -0.15) is 8.78 Å². The van der Waals surface area contributed by atoms with Crippen LogP contribution in [0.15, 0.2) is 36.5 Å². The van der Waals surface area contributed by atoms with Gasteiger partial charge in [-0.25, -0.2) is 9.97 Å². The third kappa shape index (κ3) is 4.39. The molecule has 0 bridgehead atoms. The Morgan fingerprint density at radius 1 is 1.24 bits per heavy atom. The number of aryl methyl sites for hydroxylation is 1. The number of fused-ring (bicyclic) bond motifs is 2. The van der Waals surface area contributed by atoms with Gasteiger partial charge in [-0.05, 0) is 55.5 Å². The van der Waals surface area contributed by atoms with Crippen LogP contribution >= 0.6 is 0 Å². The van der Waals surface area contributed by atoms with Gasteiger partial charge in [0.25, 0.3) is 5.91 Å². The van der Waals surface area contributed by atoms with Gasteiger partial charge in [0.05, 0.1) is 24.4 Å². The van der Waals surface area contributed by atoms with Crippen LogP contribution in [0.5, 0.6) is 5.75 Å². The first kappa shape index (κ1) is 24.7. The summed E-state index contributed by atoms with van der Waals surface area (Å²) in [6.07, 6.45) is 3.68. The number of amides is 1. The monoisotopic (exact) mass is 524 g/mol. The average molecular weight is 525 g/mol. The Bertz CT molecular complexity index is 1510. The number of hydrogen-bond acceptors (Lipinski definition) is 6. The molecule has 1 saturated carbocycles. The van der Waals surface area contributed by atoms with Crippen molar-refractivity contribution in [1.82, 2.24) is 24.0 Å². The number of alkyl halides is 2. The highest BCUT2D eigenvalue weighted by Crippen LogP contribution is 2.37. The van der Waals surface area contributed by atoms with Gasteiger partial charge in [-0.1, -0.05) is 0 Å². The molecule has 4 aromatic rings. The molecule has 0 unspecified atom stereocenters. The fourth-order valence-corrected chi connectivity index (χ4v) is 5.46. The van der Waals surface area contributed by atoms with Gasteiger partial charge in [0.2, 0.25) is 0 Å². The second kappa shape index (κ2) is 9.63. The molecule has 4 heterocycles. The average Bonchev–Trinajstić information content (AvgIpc) is 3.57. The van der Waals surface area contributed by atoms with E-state index in [1.165, 1.54) is 12.8 Å². The Morgan fingerprint density at radius 2 is 2.05 bits per heavy atom. The van der Waals surface area contributed by atoms with Gasteiger partial charge in [0, 0.05) is 49.9 Å².